The highest BCUT2D eigenvalue weighted by atomic mass is 32.2. The van der Waals surface area contributed by atoms with Crippen LogP contribution in [0.2, 0.25) is 0 Å². The summed E-state index contributed by atoms with van der Waals surface area (Å²) < 4.78 is 27.8. The van der Waals surface area contributed by atoms with E-state index in [4.69, 9.17) is 0 Å². The van der Waals surface area contributed by atoms with Gasteiger partial charge in [0, 0.05) is 19.6 Å². The van der Waals surface area contributed by atoms with Gasteiger partial charge in [0.15, 0.2) is 0 Å². The standard InChI is InChI=1S/C16H24N2O2S/c1-12-8-13(2)11-18(10-12)21(19,20)16-5-3-4-14-9-17-7-6-15(14)16/h3-5,12-13,17H,6-11H2,1-2H3. The zero-order valence-corrected chi connectivity index (χ0v) is 13.6. The van der Waals surface area contributed by atoms with E-state index < -0.39 is 10.0 Å². The highest BCUT2D eigenvalue weighted by Crippen LogP contribution is 2.30. The molecular formula is C16H24N2O2S. The van der Waals surface area contributed by atoms with Crippen molar-refractivity contribution in [3.8, 4) is 0 Å². The Bertz CT molecular complexity index is 617. The first-order valence-electron chi connectivity index (χ1n) is 7.80. The number of hydrogen-bond acceptors (Lipinski definition) is 3. The van der Waals surface area contributed by atoms with Crippen LogP contribution in [0.5, 0.6) is 0 Å². The maximum Gasteiger partial charge on any atom is 0.243 e. The number of nitrogens with zero attached hydrogens (tertiary/aromatic N) is 1. The van der Waals surface area contributed by atoms with Gasteiger partial charge in [-0.1, -0.05) is 26.0 Å². The third-order valence-corrected chi connectivity index (χ3v) is 6.47. The Hall–Kier alpha value is -0.910. The Morgan fingerprint density at radius 2 is 1.90 bits per heavy atom. The monoisotopic (exact) mass is 308 g/mol. The second-order valence-corrected chi connectivity index (χ2v) is 8.50. The Morgan fingerprint density at radius 3 is 2.62 bits per heavy atom. The minimum Gasteiger partial charge on any atom is -0.312 e. The minimum atomic E-state index is -3.36. The summed E-state index contributed by atoms with van der Waals surface area (Å²) in [6.07, 6.45) is 1.91. The van der Waals surface area contributed by atoms with Crippen molar-refractivity contribution in [1.29, 1.82) is 0 Å². The molecule has 1 aromatic carbocycles. The maximum atomic E-state index is 13.1. The van der Waals surface area contributed by atoms with Crippen molar-refractivity contribution in [2.45, 2.75) is 38.1 Å². The van der Waals surface area contributed by atoms with Crippen LogP contribution in [0, 0.1) is 11.8 Å². The number of hydrogen-bond donors (Lipinski definition) is 1. The fourth-order valence-electron chi connectivity index (χ4n) is 3.68. The molecule has 2 unspecified atom stereocenters. The van der Waals surface area contributed by atoms with E-state index in [9.17, 15) is 8.42 Å². The van der Waals surface area contributed by atoms with Gasteiger partial charge in [-0.05, 0) is 48.4 Å². The van der Waals surface area contributed by atoms with E-state index in [-0.39, 0.29) is 0 Å². The Labute approximate surface area is 127 Å². The van der Waals surface area contributed by atoms with Crippen LogP contribution in [0.15, 0.2) is 23.1 Å². The number of rotatable bonds is 2. The molecule has 0 spiro atoms. The zero-order valence-electron chi connectivity index (χ0n) is 12.8. The van der Waals surface area contributed by atoms with E-state index in [1.807, 2.05) is 12.1 Å². The first-order chi connectivity index (χ1) is 9.98. The topological polar surface area (TPSA) is 49.4 Å². The molecule has 0 aromatic heterocycles. The van der Waals surface area contributed by atoms with Crippen molar-refractivity contribution >= 4 is 10.0 Å². The first kappa shape index (κ1) is 15.0. The van der Waals surface area contributed by atoms with Gasteiger partial charge in [0.05, 0.1) is 4.90 Å². The normalized spacial score (nSPS) is 27.3. The summed E-state index contributed by atoms with van der Waals surface area (Å²) in [5, 5.41) is 3.30. The fourth-order valence-corrected chi connectivity index (χ4v) is 5.65. The Kier molecular flexibility index (Phi) is 4.08. The molecule has 116 valence electrons. The molecule has 0 saturated carbocycles. The molecule has 2 atom stereocenters. The lowest BCUT2D eigenvalue weighted by atomic mass is 9.94. The predicted molar refractivity (Wildman–Crippen MR) is 83.6 cm³/mol. The smallest absolute Gasteiger partial charge is 0.243 e. The van der Waals surface area contributed by atoms with Crippen molar-refractivity contribution in [2.75, 3.05) is 19.6 Å². The first-order valence-corrected chi connectivity index (χ1v) is 9.24. The molecule has 0 amide bonds. The molecule has 1 aromatic rings. The summed E-state index contributed by atoms with van der Waals surface area (Å²) >= 11 is 0. The number of sulfonamides is 1. The van der Waals surface area contributed by atoms with E-state index >= 15 is 0 Å². The van der Waals surface area contributed by atoms with Crippen molar-refractivity contribution < 1.29 is 8.42 Å². The van der Waals surface area contributed by atoms with E-state index in [2.05, 4.69) is 19.2 Å². The quantitative estimate of drug-likeness (QED) is 0.909. The van der Waals surface area contributed by atoms with Gasteiger partial charge in [0.25, 0.3) is 0 Å². The van der Waals surface area contributed by atoms with Gasteiger partial charge in [-0.3, -0.25) is 0 Å². The minimum absolute atomic E-state index is 0.435. The second-order valence-electron chi connectivity index (χ2n) is 6.59. The van der Waals surface area contributed by atoms with Gasteiger partial charge >= 0.3 is 0 Å². The SMILES string of the molecule is CC1CC(C)CN(S(=O)(=O)c2cccc3c2CCNC3)C1. The van der Waals surface area contributed by atoms with Crippen LogP contribution < -0.4 is 5.32 Å². The molecule has 1 fully saturated rings. The lowest BCUT2D eigenvalue weighted by Crippen LogP contribution is -2.43. The van der Waals surface area contributed by atoms with Crippen LogP contribution in [0.3, 0.4) is 0 Å². The second kappa shape index (κ2) is 5.71. The summed E-state index contributed by atoms with van der Waals surface area (Å²) in [6, 6.07) is 5.68. The molecule has 0 radical (unpaired) electrons. The Balaban J connectivity index is 1.99. The van der Waals surface area contributed by atoms with E-state index in [1.165, 1.54) is 0 Å². The molecular weight excluding hydrogens is 284 g/mol. The number of nitrogens with one attached hydrogen (secondary N) is 1. The molecule has 0 bridgehead atoms. The van der Waals surface area contributed by atoms with Crippen LogP contribution in [0.4, 0.5) is 0 Å². The highest BCUT2D eigenvalue weighted by Gasteiger charge is 2.33. The average Bonchev–Trinajstić information content (AvgIpc) is 2.45. The van der Waals surface area contributed by atoms with Crippen molar-refractivity contribution in [3.05, 3.63) is 29.3 Å². The van der Waals surface area contributed by atoms with Crippen LogP contribution in [0.1, 0.15) is 31.4 Å². The van der Waals surface area contributed by atoms with Crippen LogP contribution in [-0.4, -0.2) is 32.4 Å². The lowest BCUT2D eigenvalue weighted by molar-refractivity contribution is 0.222. The lowest BCUT2D eigenvalue weighted by Gasteiger charge is -2.35. The molecule has 4 nitrogen and oxygen atoms in total. The van der Waals surface area contributed by atoms with Crippen molar-refractivity contribution in [3.63, 3.8) is 0 Å². The highest BCUT2D eigenvalue weighted by molar-refractivity contribution is 7.89. The largest absolute Gasteiger partial charge is 0.312 e. The van der Waals surface area contributed by atoms with Gasteiger partial charge in [-0.15, -0.1) is 0 Å². The molecule has 21 heavy (non-hydrogen) atoms. The van der Waals surface area contributed by atoms with Crippen LogP contribution in [-0.2, 0) is 23.0 Å². The van der Waals surface area contributed by atoms with Crippen LogP contribution in [0.25, 0.3) is 0 Å². The Morgan fingerprint density at radius 1 is 1.19 bits per heavy atom. The molecule has 1 N–H and O–H groups in total. The fraction of sp³-hybridized carbons (Fsp3) is 0.625. The molecule has 2 aliphatic rings. The van der Waals surface area contributed by atoms with E-state index in [0.717, 1.165) is 37.1 Å². The number of benzene rings is 1. The van der Waals surface area contributed by atoms with Gasteiger partial charge in [0.2, 0.25) is 10.0 Å². The summed E-state index contributed by atoms with van der Waals surface area (Å²) in [7, 11) is -3.36. The zero-order chi connectivity index (χ0) is 15.0. The third kappa shape index (κ3) is 2.87. The summed E-state index contributed by atoms with van der Waals surface area (Å²) in [6.45, 7) is 7.20. The van der Waals surface area contributed by atoms with E-state index in [0.29, 0.717) is 29.8 Å². The number of piperidine rings is 1. The number of fused-ring (bicyclic) bond motifs is 1. The molecule has 2 aliphatic heterocycles. The molecule has 1 saturated heterocycles. The maximum absolute atomic E-state index is 13.1. The average molecular weight is 308 g/mol. The van der Waals surface area contributed by atoms with Gasteiger partial charge < -0.3 is 5.32 Å². The summed E-state index contributed by atoms with van der Waals surface area (Å²) in [5.74, 6) is 0.870. The van der Waals surface area contributed by atoms with Crippen LogP contribution >= 0.6 is 0 Å². The third-order valence-electron chi connectivity index (χ3n) is 4.55. The molecule has 2 heterocycles. The van der Waals surface area contributed by atoms with Crippen molar-refractivity contribution in [1.82, 2.24) is 9.62 Å². The van der Waals surface area contributed by atoms with Crippen molar-refractivity contribution in [2.24, 2.45) is 11.8 Å². The molecule has 0 aliphatic carbocycles. The van der Waals surface area contributed by atoms with E-state index in [1.54, 1.807) is 10.4 Å². The molecule has 5 heteroatoms. The predicted octanol–water partition coefficient (Wildman–Crippen LogP) is 2.00. The molecule has 3 rings (SSSR count). The summed E-state index contributed by atoms with van der Waals surface area (Å²) in [4.78, 5) is 0.530. The summed E-state index contributed by atoms with van der Waals surface area (Å²) in [5.41, 5.74) is 2.14. The van der Waals surface area contributed by atoms with Gasteiger partial charge in [0.1, 0.15) is 0 Å². The van der Waals surface area contributed by atoms with Gasteiger partial charge in [-0.25, -0.2) is 8.42 Å². The van der Waals surface area contributed by atoms with Gasteiger partial charge in [-0.2, -0.15) is 4.31 Å².